The lowest BCUT2D eigenvalue weighted by molar-refractivity contribution is 0.0530. The third kappa shape index (κ3) is 5.94. The summed E-state index contributed by atoms with van der Waals surface area (Å²) in [6.45, 7) is 5.26. The average Bonchev–Trinajstić information content (AvgIpc) is 2.89. The van der Waals surface area contributed by atoms with Crippen LogP contribution in [0.3, 0.4) is 0 Å². The highest BCUT2D eigenvalue weighted by Gasteiger charge is 2.16. The van der Waals surface area contributed by atoms with Crippen molar-refractivity contribution in [1.82, 2.24) is 15.1 Å². The van der Waals surface area contributed by atoms with Gasteiger partial charge in [0, 0.05) is 12.7 Å². The van der Waals surface area contributed by atoms with Gasteiger partial charge < -0.3 is 14.8 Å². The molecular formula is C14H20FN3O4. The van der Waals surface area contributed by atoms with Crippen molar-refractivity contribution < 1.29 is 23.5 Å². The predicted octanol–water partition coefficient (Wildman–Crippen LogP) is 2.05. The van der Waals surface area contributed by atoms with E-state index in [0.29, 0.717) is 6.33 Å². The van der Waals surface area contributed by atoms with E-state index in [1.807, 2.05) is 0 Å². The number of nitrogens with zero attached hydrogens (tertiary/aromatic N) is 2. The summed E-state index contributed by atoms with van der Waals surface area (Å²) < 4.78 is 23.8. The van der Waals surface area contributed by atoms with Gasteiger partial charge in [0.15, 0.2) is 0 Å². The van der Waals surface area contributed by atoms with Gasteiger partial charge in [-0.1, -0.05) is 0 Å². The average molecular weight is 313 g/mol. The van der Waals surface area contributed by atoms with Crippen molar-refractivity contribution in [1.29, 1.82) is 0 Å². The second-order valence-electron chi connectivity index (χ2n) is 5.54. The molecule has 1 aromatic heterocycles. The minimum Gasteiger partial charge on any atom is -0.465 e. The van der Waals surface area contributed by atoms with Crippen molar-refractivity contribution in [2.75, 3.05) is 13.7 Å². The molecule has 0 fully saturated rings. The summed E-state index contributed by atoms with van der Waals surface area (Å²) in [6.07, 6.45) is 2.51. The molecule has 0 radical (unpaired) electrons. The lowest BCUT2D eigenvalue weighted by Gasteiger charge is -2.20. The molecule has 1 N–H and O–H groups in total. The van der Waals surface area contributed by atoms with E-state index in [1.54, 1.807) is 20.8 Å². The SMILES string of the molecule is COC(=O)c1cnn(CC(=CF)CNC(=O)OC(C)(C)C)c1. The van der Waals surface area contributed by atoms with Gasteiger partial charge in [0.05, 0.1) is 31.7 Å². The van der Waals surface area contributed by atoms with Crippen molar-refractivity contribution in [3.8, 4) is 0 Å². The number of rotatable bonds is 5. The summed E-state index contributed by atoms with van der Waals surface area (Å²) >= 11 is 0. The number of methoxy groups -OCH3 is 1. The van der Waals surface area contributed by atoms with Crippen LogP contribution in [0.2, 0.25) is 0 Å². The third-order valence-corrected chi connectivity index (χ3v) is 2.43. The largest absolute Gasteiger partial charge is 0.465 e. The highest BCUT2D eigenvalue weighted by molar-refractivity contribution is 5.88. The smallest absolute Gasteiger partial charge is 0.407 e. The van der Waals surface area contributed by atoms with Crippen LogP contribution in [0.1, 0.15) is 31.1 Å². The molecule has 7 nitrogen and oxygen atoms in total. The Bertz CT molecular complexity index is 561. The first-order chi connectivity index (χ1) is 10.2. The van der Waals surface area contributed by atoms with Crippen LogP contribution in [-0.2, 0) is 16.0 Å². The van der Waals surface area contributed by atoms with Crippen LogP contribution in [0.5, 0.6) is 0 Å². The number of hydrogen-bond donors (Lipinski definition) is 1. The summed E-state index contributed by atoms with van der Waals surface area (Å²) in [5, 5.41) is 6.37. The molecule has 0 unspecified atom stereocenters. The molecule has 122 valence electrons. The lowest BCUT2D eigenvalue weighted by atomic mass is 10.2. The van der Waals surface area contributed by atoms with Gasteiger partial charge in [-0.05, 0) is 26.3 Å². The van der Waals surface area contributed by atoms with Crippen LogP contribution >= 0.6 is 0 Å². The van der Waals surface area contributed by atoms with Crippen molar-refractivity contribution in [3.05, 3.63) is 29.9 Å². The second kappa shape index (κ2) is 7.58. The molecule has 0 aliphatic carbocycles. The van der Waals surface area contributed by atoms with E-state index < -0.39 is 17.7 Å². The molecule has 0 spiro atoms. The minimum absolute atomic E-state index is 0.0289. The molecule has 0 aromatic carbocycles. The Morgan fingerprint density at radius 3 is 2.68 bits per heavy atom. The van der Waals surface area contributed by atoms with Gasteiger partial charge in [-0.3, -0.25) is 4.68 Å². The number of esters is 1. The molecule has 22 heavy (non-hydrogen) atoms. The maximum atomic E-state index is 12.9. The molecule has 1 heterocycles. The lowest BCUT2D eigenvalue weighted by Crippen LogP contribution is -2.34. The number of alkyl carbamates (subject to hydrolysis) is 1. The van der Waals surface area contributed by atoms with E-state index in [4.69, 9.17) is 4.74 Å². The Labute approximate surface area is 128 Å². The zero-order valence-corrected chi connectivity index (χ0v) is 13.1. The number of aromatic nitrogens is 2. The van der Waals surface area contributed by atoms with Crippen LogP contribution < -0.4 is 5.32 Å². The van der Waals surface area contributed by atoms with Gasteiger partial charge in [0.25, 0.3) is 0 Å². The van der Waals surface area contributed by atoms with Crippen LogP contribution in [0.25, 0.3) is 0 Å². The van der Waals surface area contributed by atoms with Gasteiger partial charge in [0.2, 0.25) is 0 Å². The van der Waals surface area contributed by atoms with Crippen molar-refractivity contribution in [2.45, 2.75) is 32.9 Å². The normalized spacial score (nSPS) is 12.0. The van der Waals surface area contributed by atoms with Gasteiger partial charge in [0.1, 0.15) is 5.60 Å². The Hall–Kier alpha value is -2.38. The van der Waals surface area contributed by atoms with Crippen molar-refractivity contribution in [2.24, 2.45) is 0 Å². The topological polar surface area (TPSA) is 82.5 Å². The van der Waals surface area contributed by atoms with Crippen LogP contribution in [0, 0.1) is 0 Å². The Kier molecular flexibility index (Phi) is 6.09. The van der Waals surface area contributed by atoms with E-state index in [9.17, 15) is 14.0 Å². The highest BCUT2D eigenvalue weighted by Crippen LogP contribution is 2.07. The van der Waals surface area contributed by atoms with E-state index in [-0.39, 0.29) is 24.2 Å². The molecule has 0 aliphatic rings. The number of ether oxygens (including phenoxy) is 2. The molecule has 1 rings (SSSR count). The quantitative estimate of drug-likeness (QED) is 0.841. The summed E-state index contributed by atoms with van der Waals surface area (Å²) in [6, 6.07) is 0. The Morgan fingerprint density at radius 2 is 2.14 bits per heavy atom. The first-order valence-corrected chi connectivity index (χ1v) is 6.61. The summed E-state index contributed by atoms with van der Waals surface area (Å²) in [5.74, 6) is -0.524. The second-order valence-corrected chi connectivity index (χ2v) is 5.54. The van der Waals surface area contributed by atoms with Gasteiger partial charge >= 0.3 is 12.1 Å². The Balaban J connectivity index is 2.54. The van der Waals surface area contributed by atoms with E-state index in [1.165, 1.54) is 24.2 Å². The molecule has 0 bridgehead atoms. The summed E-state index contributed by atoms with van der Waals surface area (Å²) in [7, 11) is 1.26. The number of halogens is 1. The van der Waals surface area contributed by atoms with Gasteiger partial charge in [-0.15, -0.1) is 0 Å². The fourth-order valence-corrected chi connectivity index (χ4v) is 1.51. The number of amides is 1. The number of carbonyl (C=O) groups is 2. The standard InChI is InChI=1S/C14H20FN3O4/c1-14(2,3)22-13(20)16-6-10(5-15)8-18-9-11(7-17-18)12(19)21-4/h5,7,9H,6,8H2,1-4H3,(H,16,20). The fourth-order valence-electron chi connectivity index (χ4n) is 1.51. The predicted molar refractivity (Wildman–Crippen MR) is 77.0 cm³/mol. The monoisotopic (exact) mass is 313 g/mol. The summed E-state index contributed by atoms with van der Waals surface area (Å²) in [5.41, 5.74) is -0.0904. The fraction of sp³-hybridized carbons (Fsp3) is 0.500. The first kappa shape index (κ1) is 17.7. The third-order valence-electron chi connectivity index (χ3n) is 2.43. The molecule has 0 atom stereocenters. The van der Waals surface area contributed by atoms with Crippen molar-refractivity contribution in [3.63, 3.8) is 0 Å². The first-order valence-electron chi connectivity index (χ1n) is 6.61. The molecule has 0 aliphatic heterocycles. The molecular weight excluding hydrogens is 293 g/mol. The number of nitrogens with one attached hydrogen (secondary N) is 1. The zero-order chi connectivity index (χ0) is 16.8. The van der Waals surface area contributed by atoms with E-state index in [2.05, 4.69) is 15.2 Å². The van der Waals surface area contributed by atoms with Gasteiger partial charge in [-0.2, -0.15) is 5.10 Å². The number of carbonyl (C=O) groups excluding carboxylic acids is 2. The van der Waals surface area contributed by atoms with Crippen LogP contribution in [0.15, 0.2) is 24.3 Å². The van der Waals surface area contributed by atoms with Crippen LogP contribution in [-0.4, -0.2) is 41.1 Å². The molecule has 0 saturated carbocycles. The molecule has 8 heteroatoms. The van der Waals surface area contributed by atoms with E-state index in [0.717, 1.165) is 0 Å². The zero-order valence-electron chi connectivity index (χ0n) is 13.1. The Morgan fingerprint density at radius 1 is 1.45 bits per heavy atom. The highest BCUT2D eigenvalue weighted by atomic mass is 19.1. The van der Waals surface area contributed by atoms with Crippen LogP contribution in [0.4, 0.5) is 9.18 Å². The maximum absolute atomic E-state index is 12.9. The molecule has 1 aromatic rings. The molecule has 1 amide bonds. The van der Waals surface area contributed by atoms with Crippen molar-refractivity contribution >= 4 is 12.1 Å². The summed E-state index contributed by atoms with van der Waals surface area (Å²) in [4.78, 5) is 22.8. The van der Waals surface area contributed by atoms with E-state index >= 15 is 0 Å². The van der Waals surface area contributed by atoms with Gasteiger partial charge in [-0.25, -0.2) is 14.0 Å². The molecule has 0 saturated heterocycles. The maximum Gasteiger partial charge on any atom is 0.407 e. The minimum atomic E-state index is -0.637. The number of hydrogen-bond acceptors (Lipinski definition) is 5.